The second kappa shape index (κ2) is 5.60. The number of fused-ring (bicyclic) bond motifs is 4. The van der Waals surface area contributed by atoms with E-state index in [1.807, 2.05) is 30.3 Å². The number of piperidine rings is 3. The Morgan fingerprint density at radius 2 is 1.96 bits per heavy atom. The number of ether oxygens (including phenoxy) is 1. The van der Waals surface area contributed by atoms with Gasteiger partial charge in [-0.15, -0.1) is 10.2 Å². The van der Waals surface area contributed by atoms with Crippen molar-refractivity contribution in [2.45, 2.75) is 18.9 Å². The van der Waals surface area contributed by atoms with Crippen molar-refractivity contribution in [2.75, 3.05) is 19.6 Å². The van der Waals surface area contributed by atoms with Crippen LogP contribution in [0.2, 0.25) is 0 Å². The molecule has 0 saturated carbocycles. The van der Waals surface area contributed by atoms with Crippen LogP contribution in [0.15, 0.2) is 47.1 Å². The van der Waals surface area contributed by atoms with Gasteiger partial charge in [-0.3, -0.25) is 4.90 Å². The first-order valence-corrected chi connectivity index (χ1v) is 8.55. The van der Waals surface area contributed by atoms with Crippen LogP contribution in [0.25, 0.3) is 22.2 Å². The Labute approximate surface area is 140 Å². The second-order valence-corrected chi connectivity index (χ2v) is 6.72. The Morgan fingerprint density at radius 1 is 1.04 bits per heavy atom. The van der Waals surface area contributed by atoms with Crippen LogP contribution in [0, 0.1) is 5.92 Å². The molecule has 3 aliphatic rings. The van der Waals surface area contributed by atoms with Gasteiger partial charge in [0.2, 0.25) is 5.88 Å². The summed E-state index contributed by atoms with van der Waals surface area (Å²) in [5, 5.41) is 9.71. The molecule has 3 aromatic rings. The molecule has 5 heterocycles. The summed E-state index contributed by atoms with van der Waals surface area (Å²) in [7, 11) is 0. The van der Waals surface area contributed by atoms with E-state index >= 15 is 0 Å². The molecule has 3 saturated heterocycles. The van der Waals surface area contributed by atoms with Gasteiger partial charge in [-0.1, -0.05) is 0 Å². The molecule has 2 bridgehead atoms. The predicted molar refractivity (Wildman–Crippen MR) is 90.8 cm³/mol. The zero-order valence-electron chi connectivity index (χ0n) is 13.4. The van der Waals surface area contributed by atoms with E-state index in [4.69, 9.17) is 9.15 Å². The molecular weight excluding hydrogens is 302 g/mol. The van der Waals surface area contributed by atoms with Crippen molar-refractivity contribution < 1.29 is 9.15 Å². The van der Waals surface area contributed by atoms with Crippen molar-refractivity contribution in [3.8, 4) is 17.1 Å². The van der Waals surface area contributed by atoms with Crippen molar-refractivity contribution in [3.05, 3.63) is 42.7 Å². The molecule has 0 aliphatic carbocycles. The van der Waals surface area contributed by atoms with Crippen LogP contribution < -0.4 is 4.74 Å². The fraction of sp³-hybridized carbons (Fsp3) is 0.368. The lowest BCUT2D eigenvalue weighted by atomic mass is 9.86. The van der Waals surface area contributed by atoms with Crippen LogP contribution in [0.1, 0.15) is 12.8 Å². The van der Waals surface area contributed by atoms with Crippen LogP contribution in [-0.2, 0) is 0 Å². The molecule has 0 spiro atoms. The Balaban J connectivity index is 1.35. The molecule has 1 atom stereocenters. The van der Waals surface area contributed by atoms with Gasteiger partial charge < -0.3 is 9.15 Å². The average molecular weight is 321 g/mol. The van der Waals surface area contributed by atoms with Crippen molar-refractivity contribution in [1.29, 1.82) is 0 Å². The molecule has 5 nitrogen and oxygen atoms in total. The largest absolute Gasteiger partial charge is 0.472 e. The van der Waals surface area contributed by atoms with Crippen molar-refractivity contribution in [2.24, 2.45) is 5.92 Å². The summed E-state index contributed by atoms with van der Waals surface area (Å²) < 4.78 is 11.5. The molecule has 0 N–H and O–H groups in total. The third-order valence-electron chi connectivity index (χ3n) is 5.26. The summed E-state index contributed by atoms with van der Waals surface area (Å²) in [5.74, 6) is 1.29. The molecule has 24 heavy (non-hydrogen) atoms. The van der Waals surface area contributed by atoms with Crippen LogP contribution in [-0.4, -0.2) is 40.8 Å². The van der Waals surface area contributed by atoms with E-state index in [1.165, 1.54) is 25.9 Å². The van der Waals surface area contributed by atoms with Gasteiger partial charge in [0.25, 0.3) is 0 Å². The normalized spacial score (nSPS) is 25.9. The summed E-state index contributed by atoms with van der Waals surface area (Å²) in [6.07, 6.45) is 4.43. The highest BCUT2D eigenvalue weighted by Gasteiger charge is 2.35. The molecule has 5 heteroatoms. The maximum Gasteiger partial charge on any atom is 0.233 e. The first kappa shape index (κ1) is 14.0. The molecule has 0 unspecified atom stereocenters. The topological polar surface area (TPSA) is 51.4 Å². The van der Waals surface area contributed by atoms with Gasteiger partial charge in [-0.05, 0) is 62.2 Å². The highest BCUT2D eigenvalue weighted by Crippen LogP contribution is 2.30. The van der Waals surface area contributed by atoms with Crippen LogP contribution in [0.3, 0.4) is 0 Å². The third-order valence-corrected chi connectivity index (χ3v) is 5.26. The quantitative estimate of drug-likeness (QED) is 0.740. The summed E-state index contributed by atoms with van der Waals surface area (Å²) in [6, 6.07) is 11.9. The Morgan fingerprint density at radius 3 is 2.71 bits per heavy atom. The zero-order chi connectivity index (χ0) is 15.9. The van der Waals surface area contributed by atoms with Gasteiger partial charge in [0, 0.05) is 23.6 Å². The predicted octanol–water partition coefficient (Wildman–Crippen LogP) is 3.36. The average Bonchev–Trinajstić information content (AvgIpc) is 3.11. The summed E-state index contributed by atoms with van der Waals surface area (Å²) in [4.78, 5) is 2.48. The van der Waals surface area contributed by atoms with Gasteiger partial charge in [-0.25, -0.2) is 0 Å². The molecule has 1 aromatic carbocycles. The molecule has 122 valence electrons. The number of hydrogen-bond acceptors (Lipinski definition) is 5. The summed E-state index contributed by atoms with van der Waals surface area (Å²) in [6.45, 7) is 3.45. The minimum atomic E-state index is 0.259. The van der Waals surface area contributed by atoms with Crippen molar-refractivity contribution in [1.82, 2.24) is 15.1 Å². The number of aromatic nitrogens is 2. The maximum atomic E-state index is 6.11. The fourth-order valence-corrected chi connectivity index (χ4v) is 3.86. The number of furan rings is 1. The van der Waals surface area contributed by atoms with Crippen molar-refractivity contribution >= 4 is 11.0 Å². The molecular formula is C19H19N3O2. The summed E-state index contributed by atoms with van der Waals surface area (Å²) >= 11 is 0. The van der Waals surface area contributed by atoms with E-state index in [-0.39, 0.29) is 6.10 Å². The summed E-state index contributed by atoms with van der Waals surface area (Å²) in [5.41, 5.74) is 2.76. The lowest BCUT2D eigenvalue weighted by Crippen LogP contribution is -2.52. The van der Waals surface area contributed by atoms with Gasteiger partial charge in [0.15, 0.2) is 0 Å². The Hall–Kier alpha value is -2.40. The molecule has 6 rings (SSSR count). The van der Waals surface area contributed by atoms with Gasteiger partial charge in [-0.2, -0.15) is 0 Å². The molecule has 3 aliphatic heterocycles. The number of benzene rings is 1. The lowest BCUT2D eigenvalue weighted by Gasteiger charge is -2.44. The van der Waals surface area contributed by atoms with Crippen molar-refractivity contribution in [3.63, 3.8) is 0 Å². The van der Waals surface area contributed by atoms with E-state index < -0.39 is 0 Å². The van der Waals surface area contributed by atoms with E-state index in [9.17, 15) is 0 Å². The Kier molecular flexibility index (Phi) is 3.26. The highest BCUT2D eigenvalue weighted by atomic mass is 16.5. The number of hydrogen-bond donors (Lipinski definition) is 0. The first-order chi connectivity index (χ1) is 11.8. The Bertz CT molecular complexity index is 850. The molecule has 0 amide bonds. The second-order valence-electron chi connectivity index (χ2n) is 6.72. The van der Waals surface area contributed by atoms with Crippen LogP contribution in [0.4, 0.5) is 0 Å². The standard InChI is InChI=1S/C19H19N3O2/c1-3-17-15(7-10-23-17)11-14(1)16-2-4-19(21-20-16)24-18-12-22-8-5-13(18)6-9-22/h1-4,7,10-11,13,18H,5-6,8-9,12H2/t18-/m0/s1. The zero-order valence-corrected chi connectivity index (χ0v) is 13.4. The minimum absolute atomic E-state index is 0.259. The van der Waals surface area contributed by atoms with Gasteiger partial charge >= 0.3 is 0 Å². The molecule has 2 aromatic heterocycles. The van der Waals surface area contributed by atoms with Gasteiger partial charge in [0.1, 0.15) is 11.7 Å². The molecule has 3 fully saturated rings. The van der Waals surface area contributed by atoms with E-state index in [0.717, 1.165) is 28.8 Å². The lowest BCUT2D eigenvalue weighted by molar-refractivity contribution is -0.0103. The number of nitrogens with zero attached hydrogens (tertiary/aromatic N) is 3. The monoisotopic (exact) mass is 321 g/mol. The minimum Gasteiger partial charge on any atom is -0.472 e. The van der Waals surface area contributed by atoms with E-state index in [0.29, 0.717) is 11.8 Å². The molecule has 0 radical (unpaired) electrons. The van der Waals surface area contributed by atoms with Crippen LogP contribution in [0.5, 0.6) is 5.88 Å². The van der Waals surface area contributed by atoms with Gasteiger partial charge in [0.05, 0.1) is 12.0 Å². The highest BCUT2D eigenvalue weighted by molar-refractivity contribution is 5.82. The first-order valence-electron chi connectivity index (χ1n) is 8.55. The fourth-order valence-electron chi connectivity index (χ4n) is 3.86. The smallest absolute Gasteiger partial charge is 0.233 e. The third kappa shape index (κ3) is 2.45. The number of rotatable bonds is 3. The maximum absolute atomic E-state index is 6.11. The van der Waals surface area contributed by atoms with Crippen LogP contribution >= 0.6 is 0 Å². The van der Waals surface area contributed by atoms with E-state index in [2.05, 4.69) is 21.2 Å². The SMILES string of the molecule is c1cc2cc(-c3ccc(O[C@H]4CN5CCC4CC5)nn3)ccc2o1. The van der Waals surface area contributed by atoms with E-state index in [1.54, 1.807) is 6.26 Å².